The Morgan fingerprint density at radius 1 is 1.50 bits per heavy atom. The topological polar surface area (TPSA) is 29.1 Å². The molecule has 1 aliphatic carbocycles. The van der Waals surface area contributed by atoms with Gasteiger partial charge in [-0.2, -0.15) is 0 Å². The quantitative estimate of drug-likeness (QED) is 0.748. The van der Waals surface area contributed by atoms with E-state index in [4.69, 9.17) is 0 Å². The average molecular weight is 395 g/mol. The van der Waals surface area contributed by atoms with Crippen molar-refractivity contribution < 1.29 is 4.79 Å². The Morgan fingerprint density at radius 2 is 2.17 bits per heavy atom. The van der Waals surface area contributed by atoms with Crippen LogP contribution in [0.15, 0.2) is 9.85 Å². The maximum absolute atomic E-state index is 12.1. The fraction of sp³-hybridized carbons (Fsp3) is 0.615. The molecular formula is C13H17Br2NOS. The van der Waals surface area contributed by atoms with Crippen molar-refractivity contribution in [3.05, 3.63) is 20.3 Å². The van der Waals surface area contributed by atoms with Crippen LogP contribution in [0.25, 0.3) is 0 Å². The van der Waals surface area contributed by atoms with Crippen LogP contribution in [-0.4, -0.2) is 17.8 Å². The summed E-state index contributed by atoms with van der Waals surface area (Å²) >= 11 is 8.56. The molecule has 0 bridgehead atoms. The number of aryl methyl sites for hydroxylation is 1. The van der Waals surface area contributed by atoms with Crippen molar-refractivity contribution >= 4 is 49.1 Å². The Balaban J connectivity index is 1.95. The number of alkyl halides is 1. The van der Waals surface area contributed by atoms with Gasteiger partial charge in [-0.1, -0.05) is 28.8 Å². The van der Waals surface area contributed by atoms with E-state index in [1.165, 1.54) is 37.0 Å². The van der Waals surface area contributed by atoms with Crippen LogP contribution in [0.2, 0.25) is 0 Å². The monoisotopic (exact) mass is 393 g/mol. The Hall–Kier alpha value is 0.130. The first kappa shape index (κ1) is 14.5. The molecule has 0 aromatic carbocycles. The van der Waals surface area contributed by atoms with E-state index in [9.17, 15) is 4.79 Å². The largest absolute Gasteiger partial charge is 0.351 e. The summed E-state index contributed by atoms with van der Waals surface area (Å²) < 4.78 is 1.05. The first-order chi connectivity index (χ1) is 8.56. The van der Waals surface area contributed by atoms with Crippen LogP contribution in [0.4, 0.5) is 0 Å². The van der Waals surface area contributed by atoms with Crippen LogP contribution in [-0.2, 0) is 0 Å². The molecule has 0 atom stereocenters. The Morgan fingerprint density at radius 3 is 2.67 bits per heavy atom. The molecule has 1 fully saturated rings. The van der Waals surface area contributed by atoms with Crippen molar-refractivity contribution in [3.63, 3.8) is 0 Å². The number of rotatable bonds is 4. The highest BCUT2D eigenvalue weighted by Crippen LogP contribution is 2.39. The summed E-state index contributed by atoms with van der Waals surface area (Å²) in [5.74, 6) is 0.0565. The van der Waals surface area contributed by atoms with Crippen LogP contribution in [0, 0.1) is 12.3 Å². The zero-order valence-corrected chi connectivity index (χ0v) is 14.4. The Labute approximate surface area is 129 Å². The molecule has 0 radical (unpaired) electrons. The maximum atomic E-state index is 12.1. The molecule has 1 aliphatic rings. The second-order valence-electron chi connectivity index (χ2n) is 5.09. The van der Waals surface area contributed by atoms with Crippen molar-refractivity contribution in [3.8, 4) is 0 Å². The van der Waals surface area contributed by atoms with E-state index in [0.717, 1.165) is 26.1 Å². The fourth-order valence-electron chi connectivity index (χ4n) is 2.41. The van der Waals surface area contributed by atoms with E-state index in [1.807, 2.05) is 13.0 Å². The first-order valence-corrected chi connectivity index (χ1v) is 8.89. The highest BCUT2D eigenvalue weighted by molar-refractivity contribution is 9.11. The zero-order valence-electron chi connectivity index (χ0n) is 10.4. The molecule has 1 aromatic heterocycles. The lowest BCUT2D eigenvalue weighted by molar-refractivity contribution is 0.0939. The summed E-state index contributed by atoms with van der Waals surface area (Å²) in [5.41, 5.74) is 1.40. The van der Waals surface area contributed by atoms with E-state index < -0.39 is 0 Å². The normalized spacial score (nSPS) is 17.9. The standard InChI is InChI=1S/C13H17Br2NOS/c1-9-6-10(18-11(9)15)12(17)16-8-13(7-14)4-2-3-5-13/h6H,2-5,7-8H2,1H3,(H,16,17). The highest BCUT2D eigenvalue weighted by atomic mass is 79.9. The smallest absolute Gasteiger partial charge is 0.261 e. The molecule has 0 aliphatic heterocycles. The molecule has 0 unspecified atom stereocenters. The second-order valence-corrected chi connectivity index (χ2v) is 8.02. The maximum Gasteiger partial charge on any atom is 0.261 e. The van der Waals surface area contributed by atoms with E-state index in [1.54, 1.807) is 0 Å². The van der Waals surface area contributed by atoms with Gasteiger partial charge in [0.15, 0.2) is 0 Å². The first-order valence-electron chi connectivity index (χ1n) is 6.16. The molecule has 2 nitrogen and oxygen atoms in total. The van der Waals surface area contributed by atoms with Gasteiger partial charge in [-0.05, 0) is 52.7 Å². The molecule has 1 aromatic rings. The minimum absolute atomic E-state index is 0.0565. The average Bonchev–Trinajstić information content (AvgIpc) is 2.95. The van der Waals surface area contributed by atoms with E-state index in [-0.39, 0.29) is 11.3 Å². The van der Waals surface area contributed by atoms with Gasteiger partial charge in [-0.25, -0.2) is 0 Å². The highest BCUT2D eigenvalue weighted by Gasteiger charge is 2.33. The van der Waals surface area contributed by atoms with Gasteiger partial charge in [0.2, 0.25) is 0 Å². The second kappa shape index (κ2) is 6.06. The van der Waals surface area contributed by atoms with Crippen LogP contribution in [0.1, 0.15) is 40.9 Å². The van der Waals surface area contributed by atoms with Gasteiger partial charge in [-0.3, -0.25) is 4.79 Å². The summed E-state index contributed by atoms with van der Waals surface area (Å²) in [7, 11) is 0. The van der Waals surface area contributed by atoms with Crippen LogP contribution in [0.5, 0.6) is 0 Å². The van der Waals surface area contributed by atoms with Gasteiger partial charge in [0.25, 0.3) is 5.91 Å². The predicted molar refractivity (Wildman–Crippen MR) is 83.8 cm³/mol. The van der Waals surface area contributed by atoms with Gasteiger partial charge < -0.3 is 5.32 Å². The van der Waals surface area contributed by atoms with E-state index in [0.29, 0.717) is 0 Å². The third kappa shape index (κ3) is 3.17. The zero-order chi connectivity index (χ0) is 13.2. The van der Waals surface area contributed by atoms with Crippen molar-refractivity contribution in [1.82, 2.24) is 5.32 Å². The molecule has 5 heteroatoms. The third-order valence-electron chi connectivity index (χ3n) is 3.65. The SMILES string of the molecule is Cc1cc(C(=O)NCC2(CBr)CCCC2)sc1Br. The number of carbonyl (C=O) groups excluding carboxylic acids is 1. The van der Waals surface area contributed by atoms with Crippen molar-refractivity contribution in [2.45, 2.75) is 32.6 Å². The minimum atomic E-state index is 0.0565. The molecule has 18 heavy (non-hydrogen) atoms. The molecule has 1 amide bonds. The summed E-state index contributed by atoms with van der Waals surface area (Å²) in [6.45, 7) is 2.79. The van der Waals surface area contributed by atoms with Crippen molar-refractivity contribution in [1.29, 1.82) is 0 Å². The summed E-state index contributed by atoms with van der Waals surface area (Å²) in [5, 5.41) is 4.07. The number of carbonyl (C=O) groups is 1. The van der Waals surface area contributed by atoms with Crippen LogP contribution >= 0.6 is 43.2 Å². The number of halogens is 2. The molecule has 0 saturated heterocycles. The van der Waals surface area contributed by atoms with Crippen LogP contribution < -0.4 is 5.32 Å². The predicted octanol–water partition coefficient (Wildman–Crippen LogP) is 4.50. The lowest BCUT2D eigenvalue weighted by Gasteiger charge is -2.26. The van der Waals surface area contributed by atoms with Gasteiger partial charge in [0.1, 0.15) is 0 Å². The Kier molecular flexibility index (Phi) is 4.89. The molecule has 100 valence electrons. The summed E-state index contributed by atoms with van der Waals surface area (Å²) in [6.07, 6.45) is 4.99. The number of hydrogen-bond donors (Lipinski definition) is 1. The van der Waals surface area contributed by atoms with Crippen molar-refractivity contribution in [2.75, 3.05) is 11.9 Å². The minimum Gasteiger partial charge on any atom is -0.351 e. The van der Waals surface area contributed by atoms with Gasteiger partial charge in [0, 0.05) is 11.9 Å². The summed E-state index contributed by atoms with van der Waals surface area (Å²) in [4.78, 5) is 12.9. The number of amides is 1. The molecule has 2 rings (SSSR count). The summed E-state index contributed by atoms with van der Waals surface area (Å²) in [6, 6.07) is 1.94. The van der Waals surface area contributed by atoms with E-state index in [2.05, 4.69) is 37.2 Å². The molecule has 0 spiro atoms. The van der Waals surface area contributed by atoms with Gasteiger partial charge >= 0.3 is 0 Å². The van der Waals surface area contributed by atoms with Crippen molar-refractivity contribution in [2.24, 2.45) is 5.41 Å². The molecule has 1 heterocycles. The fourth-order valence-corrected chi connectivity index (χ4v) is 4.62. The number of nitrogens with one attached hydrogen (secondary N) is 1. The van der Waals surface area contributed by atoms with Gasteiger partial charge in [0.05, 0.1) is 8.66 Å². The lowest BCUT2D eigenvalue weighted by Crippen LogP contribution is -2.36. The Bertz CT molecular complexity index is 419. The van der Waals surface area contributed by atoms with Crippen LogP contribution in [0.3, 0.4) is 0 Å². The molecular weight excluding hydrogens is 378 g/mol. The van der Waals surface area contributed by atoms with E-state index >= 15 is 0 Å². The number of hydrogen-bond acceptors (Lipinski definition) is 2. The number of thiophene rings is 1. The molecule has 1 N–H and O–H groups in total. The molecule has 1 saturated carbocycles. The lowest BCUT2D eigenvalue weighted by atomic mass is 9.89. The third-order valence-corrected chi connectivity index (χ3v) is 6.98. The van der Waals surface area contributed by atoms with Gasteiger partial charge in [-0.15, -0.1) is 11.3 Å².